The number of nitrogens with zero attached hydrogens (tertiary/aromatic N) is 3. The number of primary sulfonamides is 1. The number of hydrogen-bond donors (Lipinski definition) is 1. The SMILES string of the molecule is CSc1ccc(-c2cc(C#N)nn2-c2ccc(S(N)(=O)=O)cc2)cc1. The van der Waals surface area contributed by atoms with Gasteiger partial charge in [0.15, 0.2) is 5.69 Å². The van der Waals surface area contributed by atoms with Gasteiger partial charge in [-0.15, -0.1) is 11.8 Å². The fraction of sp³-hybridized carbons (Fsp3) is 0.0588. The molecule has 3 rings (SSSR count). The van der Waals surface area contributed by atoms with Crippen molar-refractivity contribution >= 4 is 21.8 Å². The van der Waals surface area contributed by atoms with Crippen LogP contribution in [0.25, 0.3) is 16.9 Å². The first-order valence-corrected chi connectivity index (χ1v) is 9.97. The first-order chi connectivity index (χ1) is 11.9. The van der Waals surface area contributed by atoms with Crippen molar-refractivity contribution in [2.75, 3.05) is 6.26 Å². The van der Waals surface area contributed by atoms with Gasteiger partial charge in [-0.3, -0.25) is 0 Å². The molecule has 1 heterocycles. The van der Waals surface area contributed by atoms with E-state index >= 15 is 0 Å². The zero-order valence-electron chi connectivity index (χ0n) is 13.2. The molecule has 2 N–H and O–H groups in total. The highest BCUT2D eigenvalue weighted by molar-refractivity contribution is 7.98. The van der Waals surface area contributed by atoms with Crippen LogP contribution in [0.4, 0.5) is 0 Å². The summed E-state index contributed by atoms with van der Waals surface area (Å²) in [7, 11) is -3.76. The van der Waals surface area contributed by atoms with Gasteiger partial charge in [0.2, 0.25) is 10.0 Å². The minimum atomic E-state index is -3.76. The molecule has 0 fully saturated rings. The number of hydrogen-bond acceptors (Lipinski definition) is 5. The van der Waals surface area contributed by atoms with E-state index in [1.807, 2.05) is 36.6 Å². The van der Waals surface area contributed by atoms with E-state index in [1.165, 1.54) is 12.1 Å². The van der Waals surface area contributed by atoms with E-state index in [2.05, 4.69) is 5.10 Å². The molecule has 0 radical (unpaired) electrons. The summed E-state index contributed by atoms with van der Waals surface area (Å²) in [6.07, 6.45) is 2.00. The standard InChI is InChI=1S/C17H14N4O2S2/c1-24-15-6-2-12(3-7-15)17-10-13(11-18)20-21(17)14-4-8-16(9-5-14)25(19,22)23/h2-10H,1H3,(H2,19,22,23). The van der Waals surface area contributed by atoms with Crippen molar-refractivity contribution in [2.24, 2.45) is 5.14 Å². The van der Waals surface area contributed by atoms with Crippen LogP contribution >= 0.6 is 11.8 Å². The molecular formula is C17H14N4O2S2. The molecule has 0 bridgehead atoms. The Morgan fingerprint density at radius 2 is 1.76 bits per heavy atom. The van der Waals surface area contributed by atoms with E-state index in [4.69, 9.17) is 5.14 Å². The second-order valence-electron chi connectivity index (χ2n) is 5.21. The molecule has 8 heteroatoms. The summed E-state index contributed by atoms with van der Waals surface area (Å²) in [5.41, 5.74) is 2.56. The lowest BCUT2D eigenvalue weighted by atomic mass is 10.1. The summed E-state index contributed by atoms with van der Waals surface area (Å²) in [4.78, 5) is 1.16. The zero-order valence-corrected chi connectivity index (χ0v) is 14.9. The highest BCUT2D eigenvalue weighted by Gasteiger charge is 2.13. The van der Waals surface area contributed by atoms with Crippen molar-refractivity contribution < 1.29 is 8.42 Å². The van der Waals surface area contributed by atoms with Crippen LogP contribution in [0.3, 0.4) is 0 Å². The van der Waals surface area contributed by atoms with Crippen LogP contribution in [-0.4, -0.2) is 24.5 Å². The van der Waals surface area contributed by atoms with E-state index < -0.39 is 10.0 Å². The summed E-state index contributed by atoms with van der Waals surface area (Å²) in [6.45, 7) is 0. The number of aromatic nitrogens is 2. The molecule has 3 aromatic rings. The maximum absolute atomic E-state index is 11.4. The number of nitriles is 1. The molecule has 1 aromatic heterocycles. The Hall–Kier alpha value is -2.60. The lowest BCUT2D eigenvalue weighted by Gasteiger charge is -2.09. The smallest absolute Gasteiger partial charge is 0.232 e. The molecule has 0 spiro atoms. The average Bonchev–Trinajstić information content (AvgIpc) is 3.05. The quantitative estimate of drug-likeness (QED) is 0.712. The third kappa shape index (κ3) is 3.58. The third-order valence-corrected chi connectivity index (χ3v) is 5.29. The van der Waals surface area contributed by atoms with E-state index in [0.717, 1.165) is 16.2 Å². The Morgan fingerprint density at radius 1 is 1.12 bits per heavy atom. The maximum Gasteiger partial charge on any atom is 0.238 e. The number of benzene rings is 2. The second-order valence-corrected chi connectivity index (χ2v) is 7.65. The van der Waals surface area contributed by atoms with Gasteiger partial charge in [-0.1, -0.05) is 12.1 Å². The highest BCUT2D eigenvalue weighted by Crippen LogP contribution is 2.26. The molecule has 25 heavy (non-hydrogen) atoms. The van der Waals surface area contributed by atoms with Gasteiger partial charge in [0.1, 0.15) is 6.07 Å². The molecular weight excluding hydrogens is 356 g/mol. The summed E-state index contributed by atoms with van der Waals surface area (Å²) in [6, 6.07) is 17.7. The van der Waals surface area contributed by atoms with Crippen LogP contribution in [0.2, 0.25) is 0 Å². The van der Waals surface area contributed by atoms with E-state index in [1.54, 1.807) is 34.6 Å². The van der Waals surface area contributed by atoms with Crippen molar-refractivity contribution in [3.05, 3.63) is 60.3 Å². The Bertz CT molecular complexity index is 1050. The van der Waals surface area contributed by atoms with Crippen LogP contribution in [-0.2, 0) is 10.0 Å². The Kier molecular flexibility index (Phi) is 4.63. The summed E-state index contributed by atoms with van der Waals surface area (Å²) in [5.74, 6) is 0. The molecule has 0 atom stereocenters. The topological polar surface area (TPSA) is 102 Å². The van der Waals surface area contributed by atoms with Gasteiger partial charge in [0.05, 0.1) is 16.3 Å². The predicted octanol–water partition coefficient (Wildman–Crippen LogP) is 2.78. The Labute approximate surface area is 149 Å². The monoisotopic (exact) mass is 370 g/mol. The number of rotatable bonds is 4. The number of thioether (sulfide) groups is 1. The minimum absolute atomic E-state index is 0.0230. The molecule has 126 valence electrons. The second kappa shape index (κ2) is 6.72. The van der Waals surface area contributed by atoms with Crippen LogP contribution in [0.5, 0.6) is 0 Å². The summed E-state index contributed by atoms with van der Waals surface area (Å²) in [5, 5.41) is 18.6. The molecule has 0 aliphatic carbocycles. The van der Waals surface area contributed by atoms with Crippen molar-refractivity contribution in [1.82, 2.24) is 9.78 Å². The molecule has 0 saturated heterocycles. The fourth-order valence-electron chi connectivity index (χ4n) is 2.38. The number of sulfonamides is 1. The average molecular weight is 370 g/mol. The van der Waals surface area contributed by atoms with Gasteiger partial charge < -0.3 is 0 Å². The van der Waals surface area contributed by atoms with Gasteiger partial charge in [0, 0.05) is 16.5 Å². The Morgan fingerprint density at radius 3 is 2.28 bits per heavy atom. The van der Waals surface area contributed by atoms with Gasteiger partial charge >= 0.3 is 0 Å². The Balaban J connectivity index is 2.10. The molecule has 0 aliphatic rings. The van der Waals surface area contributed by atoms with Gasteiger partial charge in [0.25, 0.3) is 0 Å². The largest absolute Gasteiger partial charge is 0.238 e. The van der Waals surface area contributed by atoms with Crippen LogP contribution in [0.15, 0.2) is 64.4 Å². The maximum atomic E-state index is 11.4. The predicted molar refractivity (Wildman–Crippen MR) is 96.9 cm³/mol. The molecule has 0 aliphatic heterocycles. The van der Waals surface area contributed by atoms with Crippen LogP contribution < -0.4 is 5.14 Å². The van der Waals surface area contributed by atoms with Crippen molar-refractivity contribution in [2.45, 2.75) is 9.79 Å². The normalized spacial score (nSPS) is 11.2. The van der Waals surface area contributed by atoms with Crippen molar-refractivity contribution in [3.8, 4) is 23.0 Å². The molecule has 2 aromatic carbocycles. The zero-order chi connectivity index (χ0) is 18.0. The summed E-state index contributed by atoms with van der Waals surface area (Å²) >= 11 is 1.64. The highest BCUT2D eigenvalue weighted by atomic mass is 32.2. The summed E-state index contributed by atoms with van der Waals surface area (Å²) < 4.78 is 24.4. The van der Waals surface area contributed by atoms with E-state index in [-0.39, 0.29) is 10.6 Å². The lowest BCUT2D eigenvalue weighted by Crippen LogP contribution is -2.12. The first kappa shape index (κ1) is 17.2. The fourth-order valence-corrected chi connectivity index (χ4v) is 3.30. The number of nitrogens with two attached hydrogens (primary N) is 1. The third-order valence-electron chi connectivity index (χ3n) is 3.62. The van der Waals surface area contributed by atoms with Crippen molar-refractivity contribution in [1.29, 1.82) is 5.26 Å². The lowest BCUT2D eigenvalue weighted by molar-refractivity contribution is 0.598. The molecule has 0 unspecified atom stereocenters. The molecule has 0 saturated carbocycles. The van der Waals surface area contributed by atoms with Gasteiger partial charge in [-0.05, 0) is 42.7 Å². The minimum Gasteiger partial charge on any atom is -0.232 e. The molecule has 0 amide bonds. The van der Waals surface area contributed by atoms with Crippen LogP contribution in [0.1, 0.15) is 5.69 Å². The van der Waals surface area contributed by atoms with E-state index in [9.17, 15) is 13.7 Å². The van der Waals surface area contributed by atoms with Gasteiger partial charge in [-0.25, -0.2) is 18.2 Å². The van der Waals surface area contributed by atoms with Crippen molar-refractivity contribution in [3.63, 3.8) is 0 Å². The van der Waals surface area contributed by atoms with Gasteiger partial charge in [-0.2, -0.15) is 10.4 Å². The van der Waals surface area contributed by atoms with Crippen LogP contribution in [0, 0.1) is 11.3 Å². The first-order valence-electron chi connectivity index (χ1n) is 7.20. The molecule has 6 nitrogen and oxygen atoms in total. The van der Waals surface area contributed by atoms with E-state index in [0.29, 0.717) is 5.69 Å².